The molecule has 0 spiro atoms. The van der Waals surface area contributed by atoms with Crippen molar-refractivity contribution < 1.29 is 14.3 Å². The largest absolute Gasteiger partial charge is 0.452 e. The van der Waals surface area contributed by atoms with Gasteiger partial charge in [-0.15, -0.1) is 10.2 Å². The fraction of sp³-hybridized carbons (Fsp3) is 0.789. The van der Waals surface area contributed by atoms with Crippen molar-refractivity contribution in [3.8, 4) is 0 Å². The van der Waals surface area contributed by atoms with Crippen molar-refractivity contribution in [1.29, 1.82) is 0 Å². The van der Waals surface area contributed by atoms with E-state index < -0.39 is 12.1 Å². The number of carbonyl (C=O) groups excluding carboxylic acids is 2. The lowest BCUT2D eigenvalue weighted by atomic mass is 9.96. The smallest absolute Gasteiger partial charge is 0.317 e. The molecule has 1 saturated heterocycles. The molecule has 1 saturated carbocycles. The Kier molecular flexibility index (Phi) is 8.39. The molecule has 1 aromatic rings. The highest BCUT2D eigenvalue weighted by molar-refractivity contribution is 8.01. The van der Waals surface area contributed by atoms with Crippen LogP contribution in [0.3, 0.4) is 0 Å². The molecular weight excluding hydrogens is 396 g/mol. The van der Waals surface area contributed by atoms with E-state index in [2.05, 4.69) is 15.5 Å². The van der Waals surface area contributed by atoms with Crippen LogP contribution in [-0.4, -0.2) is 58.0 Å². The second kappa shape index (κ2) is 11.0. The summed E-state index contributed by atoms with van der Waals surface area (Å²) < 4.78 is 6.08. The number of nitrogens with one attached hydrogen (secondary N) is 1. The number of hydrogen-bond acceptors (Lipinski definition) is 8. The summed E-state index contributed by atoms with van der Waals surface area (Å²) >= 11 is 2.77. The third kappa shape index (κ3) is 6.62. The van der Waals surface area contributed by atoms with Crippen molar-refractivity contribution in [3.63, 3.8) is 0 Å². The first-order valence-corrected chi connectivity index (χ1v) is 12.1. The first-order valence-electron chi connectivity index (χ1n) is 10.3. The van der Waals surface area contributed by atoms with Crippen LogP contribution in [0.5, 0.6) is 0 Å². The molecule has 0 aromatic carbocycles. The summed E-state index contributed by atoms with van der Waals surface area (Å²) in [4.78, 5) is 26.4. The van der Waals surface area contributed by atoms with Crippen molar-refractivity contribution in [2.45, 2.75) is 81.2 Å². The van der Waals surface area contributed by atoms with E-state index in [1.807, 2.05) is 4.90 Å². The zero-order valence-corrected chi connectivity index (χ0v) is 18.2. The lowest BCUT2D eigenvalue weighted by Gasteiger charge is -2.23. The molecule has 2 aliphatic rings. The maximum atomic E-state index is 12.5. The standard InChI is InChI=1S/C19H30N4O3S2/c1-14(17(25)23-11-7-2-3-8-12-23)26-16(24)13-27-19-22-21-18(28-19)20-15-9-5-4-6-10-15/h14-15H,2-13H2,1H3,(H,20,21)/t14-/m1/s1. The van der Waals surface area contributed by atoms with Crippen LogP contribution in [0, 0.1) is 0 Å². The van der Waals surface area contributed by atoms with E-state index >= 15 is 0 Å². The van der Waals surface area contributed by atoms with Gasteiger partial charge >= 0.3 is 5.97 Å². The van der Waals surface area contributed by atoms with Gasteiger partial charge in [-0.2, -0.15) is 0 Å². The van der Waals surface area contributed by atoms with Gasteiger partial charge in [0.1, 0.15) is 0 Å². The number of rotatable bonds is 7. The van der Waals surface area contributed by atoms with E-state index in [-0.39, 0.29) is 11.7 Å². The Morgan fingerprint density at radius 1 is 1.14 bits per heavy atom. The van der Waals surface area contributed by atoms with E-state index in [1.165, 1.54) is 55.2 Å². The Labute approximate surface area is 175 Å². The highest BCUT2D eigenvalue weighted by Gasteiger charge is 2.24. The van der Waals surface area contributed by atoms with E-state index in [0.717, 1.165) is 48.2 Å². The topological polar surface area (TPSA) is 84.4 Å². The number of aromatic nitrogens is 2. The van der Waals surface area contributed by atoms with Gasteiger partial charge in [0.05, 0.1) is 5.75 Å². The molecule has 0 radical (unpaired) electrons. The average molecular weight is 427 g/mol. The van der Waals surface area contributed by atoms with Gasteiger partial charge in [-0.1, -0.05) is 55.2 Å². The van der Waals surface area contributed by atoms with Crippen LogP contribution in [0.25, 0.3) is 0 Å². The van der Waals surface area contributed by atoms with Gasteiger partial charge in [0.15, 0.2) is 10.4 Å². The van der Waals surface area contributed by atoms with Crippen molar-refractivity contribution in [3.05, 3.63) is 0 Å². The summed E-state index contributed by atoms with van der Waals surface area (Å²) in [6, 6.07) is 0.482. The number of nitrogens with zero attached hydrogens (tertiary/aromatic N) is 3. The van der Waals surface area contributed by atoms with Crippen molar-refractivity contribution in [1.82, 2.24) is 15.1 Å². The van der Waals surface area contributed by atoms with Gasteiger partial charge in [-0.25, -0.2) is 0 Å². The molecule has 1 amide bonds. The lowest BCUT2D eigenvalue weighted by molar-refractivity contribution is -0.157. The summed E-state index contributed by atoms with van der Waals surface area (Å²) in [5.41, 5.74) is 0. The highest BCUT2D eigenvalue weighted by atomic mass is 32.2. The molecule has 28 heavy (non-hydrogen) atoms. The zero-order chi connectivity index (χ0) is 19.8. The molecule has 1 N–H and O–H groups in total. The molecule has 7 nitrogen and oxygen atoms in total. The van der Waals surface area contributed by atoms with Gasteiger partial charge in [-0.3, -0.25) is 9.59 Å². The third-order valence-electron chi connectivity index (χ3n) is 5.23. The maximum absolute atomic E-state index is 12.5. The monoisotopic (exact) mass is 426 g/mol. The van der Waals surface area contributed by atoms with Crippen LogP contribution in [0.1, 0.15) is 64.7 Å². The van der Waals surface area contributed by atoms with E-state index in [1.54, 1.807) is 6.92 Å². The van der Waals surface area contributed by atoms with E-state index in [0.29, 0.717) is 6.04 Å². The van der Waals surface area contributed by atoms with Crippen LogP contribution in [0.4, 0.5) is 5.13 Å². The van der Waals surface area contributed by atoms with Crippen LogP contribution >= 0.6 is 23.1 Å². The number of anilines is 1. The molecule has 1 aliphatic heterocycles. The Hall–Kier alpha value is -1.35. The minimum atomic E-state index is -0.732. The molecule has 1 aliphatic carbocycles. The fourth-order valence-corrected chi connectivity index (χ4v) is 5.31. The number of ether oxygens (including phenoxy) is 1. The van der Waals surface area contributed by atoms with Crippen molar-refractivity contribution in [2.75, 3.05) is 24.2 Å². The number of likely N-dealkylation sites (tertiary alicyclic amines) is 1. The Morgan fingerprint density at radius 2 is 1.82 bits per heavy atom. The quantitative estimate of drug-likeness (QED) is 0.525. The van der Waals surface area contributed by atoms with Gasteiger partial charge in [0.2, 0.25) is 5.13 Å². The Balaban J connectivity index is 1.39. The molecule has 0 unspecified atom stereocenters. The average Bonchev–Trinajstić information content (AvgIpc) is 2.97. The minimum Gasteiger partial charge on any atom is -0.452 e. The number of esters is 1. The molecule has 2 heterocycles. The molecule has 156 valence electrons. The third-order valence-corrected chi connectivity index (χ3v) is 7.19. The number of amides is 1. The summed E-state index contributed by atoms with van der Waals surface area (Å²) in [5, 5.41) is 12.6. The first kappa shape index (κ1) is 21.4. The molecular formula is C19H30N4O3S2. The van der Waals surface area contributed by atoms with Gasteiger partial charge in [-0.05, 0) is 32.6 Å². The normalized spacial score (nSPS) is 19.7. The van der Waals surface area contributed by atoms with Crippen molar-refractivity contribution in [2.24, 2.45) is 0 Å². The van der Waals surface area contributed by atoms with E-state index in [9.17, 15) is 9.59 Å². The fourth-order valence-electron chi connectivity index (χ4n) is 3.70. The molecule has 0 bridgehead atoms. The molecule has 1 atom stereocenters. The van der Waals surface area contributed by atoms with Gasteiger partial charge < -0.3 is 15.0 Å². The first-order chi connectivity index (χ1) is 13.6. The van der Waals surface area contributed by atoms with Crippen LogP contribution in [0.15, 0.2) is 4.34 Å². The van der Waals surface area contributed by atoms with E-state index in [4.69, 9.17) is 4.74 Å². The Morgan fingerprint density at radius 3 is 2.54 bits per heavy atom. The van der Waals surface area contributed by atoms with Crippen LogP contribution in [-0.2, 0) is 14.3 Å². The summed E-state index contributed by atoms with van der Waals surface area (Å²) in [6.07, 6.45) is 9.83. The molecule has 1 aromatic heterocycles. The number of thioether (sulfide) groups is 1. The second-order valence-electron chi connectivity index (χ2n) is 7.51. The summed E-state index contributed by atoms with van der Waals surface area (Å²) in [6.45, 7) is 3.18. The predicted molar refractivity (Wildman–Crippen MR) is 112 cm³/mol. The SMILES string of the molecule is C[C@@H](OC(=O)CSc1nnc(NC2CCCCC2)s1)C(=O)N1CCCCCC1. The second-order valence-corrected chi connectivity index (χ2v) is 9.71. The van der Waals surface area contributed by atoms with Crippen molar-refractivity contribution >= 4 is 40.1 Å². The molecule has 3 rings (SSSR count). The van der Waals surface area contributed by atoms with Crippen LogP contribution in [0.2, 0.25) is 0 Å². The number of carbonyl (C=O) groups is 2. The summed E-state index contributed by atoms with van der Waals surface area (Å²) in [7, 11) is 0. The number of hydrogen-bond donors (Lipinski definition) is 1. The lowest BCUT2D eigenvalue weighted by Crippen LogP contribution is -2.40. The molecule has 9 heteroatoms. The minimum absolute atomic E-state index is 0.0878. The summed E-state index contributed by atoms with van der Waals surface area (Å²) in [5.74, 6) is -0.344. The van der Waals surface area contributed by atoms with Gasteiger partial charge in [0.25, 0.3) is 5.91 Å². The highest BCUT2D eigenvalue weighted by Crippen LogP contribution is 2.28. The Bertz CT molecular complexity index is 641. The predicted octanol–water partition coefficient (Wildman–Crippen LogP) is 3.71. The zero-order valence-electron chi connectivity index (χ0n) is 16.5. The van der Waals surface area contributed by atoms with Crippen LogP contribution < -0.4 is 5.32 Å². The maximum Gasteiger partial charge on any atom is 0.317 e. The van der Waals surface area contributed by atoms with Gasteiger partial charge in [0, 0.05) is 19.1 Å². The molecule has 2 fully saturated rings.